The zero-order valence-electron chi connectivity index (χ0n) is 13.0. The van der Waals surface area contributed by atoms with Crippen molar-refractivity contribution in [2.75, 3.05) is 0 Å². The Morgan fingerprint density at radius 1 is 1.09 bits per heavy atom. The Kier molecular flexibility index (Phi) is 3.26. The van der Waals surface area contributed by atoms with Gasteiger partial charge >= 0.3 is 0 Å². The molecule has 0 atom stereocenters. The van der Waals surface area contributed by atoms with Crippen LogP contribution >= 0.6 is 0 Å². The van der Waals surface area contributed by atoms with E-state index >= 15 is 0 Å². The molecule has 2 aromatic carbocycles. The minimum Gasteiger partial charge on any atom is -0.507 e. The van der Waals surface area contributed by atoms with Crippen molar-refractivity contribution in [2.24, 2.45) is 11.7 Å². The van der Waals surface area contributed by atoms with Gasteiger partial charge in [0.15, 0.2) is 0 Å². The zero-order chi connectivity index (χ0) is 16.0. The molecule has 3 N–H and O–H groups in total. The Labute approximate surface area is 134 Å². The summed E-state index contributed by atoms with van der Waals surface area (Å²) >= 11 is 0. The minimum atomic E-state index is -0.459. The first-order chi connectivity index (χ1) is 11.2. The van der Waals surface area contributed by atoms with Gasteiger partial charge in [0, 0.05) is 17.5 Å². The Balaban J connectivity index is 2.05. The van der Waals surface area contributed by atoms with Crippen molar-refractivity contribution in [2.45, 2.75) is 32.2 Å². The molecular formula is C19H20N2O2. The fraction of sp³-hybridized carbons (Fsp3) is 0.316. The first-order valence-corrected chi connectivity index (χ1v) is 8.19. The number of fused-ring (bicyclic) bond motifs is 3. The number of carbonyl (C=O) groups is 1. The van der Waals surface area contributed by atoms with Crippen LogP contribution in [0.3, 0.4) is 0 Å². The van der Waals surface area contributed by atoms with Crippen LogP contribution in [0.2, 0.25) is 0 Å². The topological polar surface area (TPSA) is 68.2 Å². The lowest BCUT2D eigenvalue weighted by atomic mass is 10.1. The van der Waals surface area contributed by atoms with Gasteiger partial charge in [0.2, 0.25) is 5.91 Å². The van der Waals surface area contributed by atoms with Crippen molar-refractivity contribution in [1.82, 2.24) is 4.57 Å². The molecule has 3 aromatic rings. The maximum Gasteiger partial charge on any atom is 0.249 e. The van der Waals surface area contributed by atoms with Gasteiger partial charge in [-0.2, -0.15) is 0 Å². The van der Waals surface area contributed by atoms with Gasteiger partial charge in [0.05, 0.1) is 16.4 Å². The van der Waals surface area contributed by atoms with Crippen LogP contribution in [0.25, 0.3) is 21.8 Å². The summed E-state index contributed by atoms with van der Waals surface area (Å²) in [6.45, 7) is 0.922. The third-order valence-electron chi connectivity index (χ3n) is 5.08. The number of nitrogens with zero attached hydrogens (tertiary/aromatic N) is 1. The monoisotopic (exact) mass is 308 g/mol. The normalized spacial score (nSPS) is 15.7. The number of hydrogen-bond acceptors (Lipinski definition) is 2. The van der Waals surface area contributed by atoms with Crippen molar-refractivity contribution in [3.05, 3.63) is 42.0 Å². The van der Waals surface area contributed by atoms with E-state index in [1.165, 1.54) is 25.7 Å². The van der Waals surface area contributed by atoms with Crippen LogP contribution in [0.1, 0.15) is 36.0 Å². The highest BCUT2D eigenvalue weighted by atomic mass is 16.3. The summed E-state index contributed by atoms with van der Waals surface area (Å²) in [5.74, 6) is 0.401. The van der Waals surface area contributed by atoms with E-state index in [2.05, 4.69) is 4.57 Å². The molecule has 1 heterocycles. The largest absolute Gasteiger partial charge is 0.507 e. The summed E-state index contributed by atoms with van der Waals surface area (Å²) in [5, 5.41) is 11.9. The van der Waals surface area contributed by atoms with Crippen molar-refractivity contribution in [3.8, 4) is 5.75 Å². The van der Waals surface area contributed by atoms with E-state index in [4.69, 9.17) is 5.73 Å². The van der Waals surface area contributed by atoms with Crippen LogP contribution < -0.4 is 5.73 Å². The van der Waals surface area contributed by atoms with E-state index in [9.17, 15) is 9.90 Å². The zero-order valence-corrected chi connectivity index (χ0v) is 13.0. The van der Waals surface area contributed by atoms with Crippen LogP contribution in [0.4, 0.5) is 0 Å². The number of rotatable bonds is 3. The molecule has 1 fully saturated rings. The lowest BCUT2D eigenvalue weighted by molar-refractivity contribution is 0.100. The van der Waals surface area contributed by atoms with Crippen molar-refractivity contribution in [1.29, 1.82) is 0 Å². The molecule has 118 valence electrons. The quantitative estimate of drug-likeness (QED) is 0.773. The predicted octanol–water partition coefficient (Wildman–Crippen LogP) is 3.79. The lowest BCUT2D eigenvalue weighted by Gasteiger charge is -2.13. The van der Waals surface area contributed by atoms with Gasteiger partial charge in [0.25, 0.3) is 0 Å². The Morgan fingerprint density at radius 3 is 2.43 bits per heavy atom. The van der Waals surface area contributed by atoms with Gasteiger partial charge < -0.3 is 15.4 Å². The summed E-state index contributed by atoms with van der Waals surface area (Å²) in [6.07, 6.45) is 5.07. The van der Waals surface area contributed by atoms with E-state index < -0.39 is 5.91 Å². The lowest BCUT2D eigenvalue weighted by Crippen LogP contribution is -2.11. The number of benzene rings is 2. The molecule has 1 aliphatic carbocycles. The van der Waals surface area contributed by atoms with Crippen LogP contribution in [0.5, 0.6) is 5.75 Å². The molecule has 0 saturated heterocycles. The summed E-state index contributed by atoms with van der Waals surface area (Å²) in [4.78, 5) is 11.9. The summed E-state index contributed by atoms with van der Waals surface area (Å²) in [7, 11) is 0. The van der Waals surface area contributed by atoms with E-state index in [0.717, 1.165) is 28.4 Å². The second-order valence-corrected chi connectivity index (χ2v) is 6.50. The number of aromatic hydroxyl groups is 1. The van der Waals surface area contributed by atoms with E-state index in [1.54, 1.807) is 12.1 Å². The van der Waals surface area contributed by atoms with Gasteiger partial charge in [-0.25, -0.2) is 0 Å². The number of amides is 1. The van der Waals surface area contributed by atoms with Crippen molar-refractivity contribution < 1.29 is 9.90 Å². The maximum absolute atomic E-state index is 11.9. The molecule has 23 heavy (non-hydrogen) atoms. The van der Waals surface area contributed by atoms with E-state index in [1.807, 2.05) is 24.3 Å². The van der Waals surface area contributed by atoms with E-state index in [0.29, 0.717) is 11.5 Å². The molecule has 0 unspecified atom stereocenters. The SMILES string of the molecule is NC(=O)c1cccc2c1c1c(O)cccc1n2CC1CCCC1. The first-order valence-electron chi connectivity index (χ1n) is 8.19. The third kappa shape index (κ3) is 2.17. The van der Waals surface area contributed by atoms with Crippen LogP contribution in [0, 0.1) is 5.92 Å². The average molecular weight is 308 g/mol. The fourth-order valence-electron chi connectivity index (χ4n) is 4.02. The highest BCUT2D eigenvalue weighted by Gasteiger charge is 2.22. The Hall–Kier alpha value is -2.49. The van der Waals surface area contributed by atoms with Gasteiger partial charge in [-0.15, -0.1) is 0 Å². The van der Waals surface area contributed by atoms with Crippen LogP contribution in [-0.2, 0) is 6.54 Å². The molecule has 1 aromatic heterocycles. The standard InChI is InChI=1S/C19H20N2O2/c20-19(23)13-7-3-8-14-17(13)18-15(9-4-10-16(18)22)21(14)11-12-5-1-2-6-12/h3-4,7-10,12,22H,1-2,5-6,11H2,(H2,20,23). The van der Waals surface area contributed by atoms with Crippen molar-refractivity contribution in [3.63, 3.8) is 0 Å². The smallest absolute Gasteiger partial charge is 0.249 e. The number of nitrogens with two attached hydrogens (primary N) is 1. The van der Waals surface area contributed by atoms with Gasteiger partial charge in [-0.3, -0.25) is 4.79 Å². The third-order valence-corrected chi connectivity index (χ3v) is 5.08. The number of carbonyl (C=O) groups excluding carboxylic acids is 1. The molecule has 0 bridgehead atoms. The average Bonchev–Trinajstić information content (AvgIpc) is 3.15. The number of phenolic OH excluding ortho intramolecular Hbond substituents is 1. The molecule has 0 radical (unpaired) electrons. The number of phenols is 1. The fourth-order valence-corrected chi connectivity index (χ4v) is 4.02. The van der Waals surface area contributed by atoms with Gasteiger partial charge in [-0.05, 0) is 43.0 Å². The molecule has 1 saturated carbocycles. The van der Waals surface area contributed by atoms with Crippen LogP contribution in [0.15, 0.2) is 36.4 Å². The Morgan fingerprint density at radius 2 is 1.74 bits per heavy atom. The summed E-state index contributed by atoms with van der Waals surface area (Å²) in [6, 6.07) is 11.1. The molecule has 0 spiro atoms. The second-order valence-electron chi connectivity index (χ2n) is 6.50. The molecule has 0 aliphatic heterocycles. The summed E-state index contributed by atoms with van der Waals surface area (Å²) < 4.78 is 2.24. The van der Waals surface area contributed by atoms with Gasteiger partial charge in [0.1, 0.15) is 5.75 Å². The number of hydrogen-bond donors (Lipinski definition) is 2. The molecule has 1 aliphatic rings. The van der Waals surface area contributed by atoms with E-state index in [-0.39, 0.29) is 5.75 Å². The molecule has 4 rings (SSSR count). The molecular weight excluding hydrogens is 288 g/mol. The molecule has 4 heteroatoms. The second kappa shape index (κ2) is 5.30. The van der Waals surface area contributed by atoms with Crippen LogP contribution in [-0.4, -0.2) is 15.6 Å². The molecule has 4 nitrogen and oxygen atoms in total. The summed E-state index contributed by atoms with van der Waals surface area (Å²) in [5.41, 5.74) is 7.98. The first kappa shape index (κ1) is 14.1. The van der Waals surface area contributed by atoms with Gasteiger partial charge in [-0.1, -0.05) is 25.0 Å². The highest BCUT2D eigenvalue weighted by Crippen LogP contribution is 2.38. The minimum absolute atomic E-state index is 0.200. The Bertz CT molecular complexity index is 905. The maximum atomic E-state index is 11.9. The highest BCUT2D eigenvalue weighted by molar-refractivity contribution is 6.19. The predicted molar refractivity (Wildman–Crippen MR) is 91.6 cm³/mol. The number of primary amides is 1. The molecule has 1 amide bonds. The van der Waals surface area contributed by atoms with Crippen molar-refractivity contribution >= 4 is 27.7 Å². The number of aromatic nitrogens is 1.